The van der Waals surface area contributed by atoms with Gasteiger partial charge in [0, 0.05) is 0 Å². The Balaban J connectivity index is 2.27. The molecule has 0 amide bonds. The SMILES string of the molecule is Clc1nc(Cl)c(C2OC=CO2)s1. The van der Waals surface area contributed by atoms with Crippen molar-refractivity contribution in [1.82, 2.24) is 4.98 Å². The third kappa shape index (κ3) is 1.37. The van der Waals surface area contributed by atoms with Gasteiger partial charge in [0.1, 0.15) is 17.4 Å². The first-order chi connectivity index (χ1) is 5.77. The van der Waals surface area contributed by atoms with Crippen LogP contribution in [-0.2, 0) is 9.47 Å². The molecule has 0 spiro atoms. The molecule has 1 aromatic rings. The van der Waals surface area contributed by atoms with Crippen LogP contribution in [0.3, 0.4) is 0 Å². The zero-order valence-corrected chi connectivity index (χ0v) is 7.99. The van der Waals surface area contributed by atoms with Gasteiger partial charge in [-0.25, -0.2) is 4.98 Å². The standard InChI is InChI=1S/C6H3Cl2NO2S/c7-4-3(12-6(8)9-4)5-10-1-2-11-5/h1-2,5H. The highest BCUT2D eigenvalue weighted by Gasteiger charge is 2.22. The van der Waals surface area contributed by atoms with E-state index in [9.17, 15) is 0 Å². The van der Waals surface area contributed by atoms with Crippen LogP contribution in [-0.4, -0.2) is 4.98 Å². The molecule has 0 aromatic carbocycles. The lowest BCUT2D eigenvalue weighted by atomic mass is 10.5. The van der Waals surface area contributed by atoms with Crippen LogP contribution < -0.4 is 0 Å². The summed E-state index contributed by atoms with van der Waals surface area (Å²) in [7, 11) is 0. The van der Waals surface area contributed by atoms with E-state index in [-0.39, 0.29) is 0 Å². The van der Waals surface area contributed by atoms with Crippen LogP contribution in [0.5, 0.6) is 0 Å². The predicted octanol–water partition coefficient (Wildman–Crippen LogP) is 2.97. The molecule has 0 saturated carbocycles. The monoisotopic (exact) mass is 223 g/mol. The zero-order chi connectivity index (χ0) is 8.55. The predicted molar refractivity (Wildman–Crippen MR) is 46.2 cm³/mol. The molecule has 0 radical (unpaired) electrons. The summed E-state index contributed by atoms with van der Waals surface area (Å²) in [6.45, 7) is 0. The molecule has 64 valence electrons. The van der Waals surface area contributed by atoms with Crippen molar-refractivity contribution in [2.24, 2.45) is 0 Å². The minimum Gasteiger partial charge on any atom is -0.454 e. The van der Waals surface area contributed by atoms with Gasteiger partial charge in [0.15, 0.2) is 9.62 Å². The Hall–Kier alpha value is -0.450. The summed E-state index contributed by atoms with van der Waals surface area (Å²) in [4.78, 5) is 4.50. The second-order valence-corrected chi connectivity index (χ2v) is 3.97. The normalized spacial score (nSPS) is 16.2. The lowest BCUT2D eigenvalue weighted by Gasteiger charge is -2.06. The van der Waals surface area contributed by atoms with Gasteiger partial charge < -0.3 is 9.47 Å². The maximum Gasteiger partial charge on any atom is 0.278 e. The van der Waals surface area contributed by atoms with Crippen LogP contribution in [0.1, 0.15) is 11.2 Å². The molecule has 1 aromatic heterocycles. The first kappa shape index (κ1) is 8.16. The molecule has 0 fully saturated rings. The molecular weight excluding hydrogens is 221 g/mol. The lowest BCUT2D eigenvalue weighted by molar-refractivity contribution is -0.0217. The number of hydrogen-bond donors (Lipinski definition) is 0. The van der Waals surface area contributed by atoms with Gasteiger partial charge >= 0.3 is 0 Å². The third-order valence-corrected chi connectivity index (χ3v) is 2.84. The van der Waals surface area contributed by atoms with Crippen LogP contribution >= 0.6 is 34.5 Å². The van der Waals surface area contributed by atoms with Gasteiger partial charge in [0.05, 0.1) is 0 Å². The molecule has 2 heterocycles. The van der Waals surface area contributed by atoms with Crippen molar-refractivity contribution in [3.63, 3.8) is 0 Å². The van der Waals surface area contributed by atoms with Gasteiger partial charge in [-0.15, -0.1) is 0 Å². The molecule has 0 N–H and O–H groups in total. The minimum atomic E-state index is -0.484. The first-order valence-corrected chi connectivity index (χ1v) is 4.62. The van der Waals surface area contributed by atoms with E-state index in [1.807, 2.05) is 0 Å². The summed E-state index contributed by atoms with van der Waals surface area (Å²) in [5, 5.41) is 0.332. The maximum atomic E-state index is 5.75. The topological polar surface area (TPSA) is 31.4 Å². The average Bonchev–Trinajstić information content (AvgIpc) is 2.58. The number of hydrogen-bond acceptors (Lipinski definition) is 4. The second-order valence-electron chi connectivity index (χ2n) is 2.00. The van der Waals surface area contributed by atoms with E-state index >= 15 is 0 Å². The molecule has 0 atom stereocenters. The Kier molecular flexibility index (Phi) is 2.12. The molecule has 2 rings (SSSR count). The van der Waals surface area contributed by atoms with Gasteiger partial charge in [-0.1, -0.05) is 34.5 Å². The molecule has 6 heteroatoms. The van der Waals surface area contributed by atoms with Gasteiger partial charge in [0.2, 0.25) is 0 Å². The Morgan fingerprint density at radius 3 is 2.50 bits per heavy atom. The molecule has 1 aliphatic rings. The molecule has 0 aliphatic carbocycles. The van der Waals surface area contributed by atoms with E-state index in [0.717, 1.165) is 0 Å². The van der Waals surface area contributed by atoms with E-state index in [1.165, 1.54) is 23.9 Å². The van der Waals surface area contributed by atoms with Crippen molar-refractivity contribution in [2.45, 2.75) is 6.29 Å². The number of nitrogens with zero attached hydrogens (tertiary/aromatic N) is 1. The molecule has 0 bridgehead atoms. The van der Waals surface area contributed by atoms with Crippen molar-refractivity contribution < 1.29 is 9.47 Å². The Labute approximate surface area is 82.5 Å². The van der Waals surface area contributed by atoms with Crippen LogP contribution in [0.15, 0.2) is 12.5 Å². The van der Waals surface area contributed by atoms with Gasteiger partial charge in [-0.05, 0) is 0 Å². The fraction of sp³-hybridized carbons (Fsp3) is 0.167. The highest BCUT2D eigenvalue weighted by molar-refractivity contribution is 7.16. The molecule has 1 aliphatic heterocycles. The number of halogens is 2. The number of rotatable bonds is 1. The molecule has 0 saturated heterocycles. The Morgan fingerprint density at radius 1 is 1.33 bits per heavy atom. The molecular formula is C6H3Cl2NO2S. The summed E-state index contributed by atoms with van der Waals surface area (Å²) in [5.41, 5.74) is 0. The van der Waals surface area contributed by atoms with Crippen molar-refractivity contribution >= 4 is 34.5 Å². The number of ether oxygens (including phenoxy) is 2. The summed E-state index contributed by atoms with van der Waals surface area (Å²) >= 11 is 12.6. The van der Waals surface area contributed by atoms with Crippen LogP contribution in [0.4, 0.5) is 0 Å². The molecule has 12 heavy (non-hydrogen) atoms. The van der Waals surface area contributed by atoms with E-state index in [2.05, 4.69) is 4.98 Å². The minimum absolute atomic E-state index is 0.332. The van der Waals surface area contributed by atoms with E-state index in [0.29, 0.717) is 14.5 Å². The van der Waals surface area contributed by atoms with E-state index < -0.39 is 6.29 Å². The Bertz CT molecular complexity index is 317. The first-order valence-electron chi connectivity index (χ1n) is 3.05. The third-order valence-electron chi connectivity index (χ3n) is 1.26. The van der Waals surface area contributed by atoms with Crippen molar-refractivity contribution in [3.05, 3.63) is 27.0 Å². The smallest absolute Gasteiger partial charge is 0.278 e. The van der Waals surface area contributed by atoms with Crippen LogP contribution in [0.2, 0.25) is 9.62 Å². The van der Waals surface area contributed by atoms with Crippen molar-refractivity contribution in [3.8, 4) is 0 Å². The number of thiazole rings is 1. The quantitative estimate of drug-likeness (QED) is 0.734. The highest BCUT2D eigenvalue weighted by Crippen LogP contribution is 2.36. The summed E-state index contributed by atoms with van der Waals surface area (Å²) < 4.78 is 10.5. The molecule has 0 unspecified atom stereocenters. The van der Waals surface area contributed by atoms with Crippen LogP contribution in [0.25, 0.3) is 0 Å². The molecule has 3 nitrogen and oxygen atoms in total. The summed E-state index contributed by atoms with van der Waals surface area (Å²) in [6, 6.07) is 0. The largest absolute Gasteiger partial charge is 0.454 e. The average molecular weight is 224 g/mol. The van der Waals surface area contributed by atoms with Crippen molar-refractivity contribution in [1.29, 1.82) is 0 Å². The fourth-order valence-corrected chi connectivity index (χ4v) is 2.17. The van der Waals surface area contributed by atoms with Gasteiger partial charge in [0.25, 0.3) is 6.29 Å². The highest BCUT2D eigenvalue weighted by atomic mass is 35.5. The van der Waals surface area contributed by atoms with Crippen molar-refractivity contribution in [2.75, 3.05) is 0 Å². The van der Waals surface area contributed by atoms with E-state index in [1.54, 1.807) is 0 Å². The van der Waals surface area contributed by atoms with Crippen LogP contribution in [0, 0.1) is 0 Å². The van der Waals surface area contributed by atoms with Gasteiger partial charge in [-0.3, -0.25) is 0 Å². The number of aromatic nitrogens is 1. The summed E-state index contributed by atoms with van der Waals surface area (Å²) in [6.07, 6.45) is 2.42. The van der Waals surface area contributed by atoms with Gasteiger partial charge in [-0.2, -0.15) is 0 Å². The summed E-state index contributed by atoms with van der Waals surface area (Å²) in [5.74, 6) is 0. The second kappa shape index (κ2) is 3.12. The maximum absolute atomic E-state index is 5.75. The Morgan fingerprint density at radius 2 is 2.00 bits per heavy atom. The zero-order valence-electron chi connectivity index (χ0n) is 5.66. The lowest BCUT2D eigenvalue weighted by Crippen LogP contribution is -1.94. The fourth-order valence-electron chi connectivity index (χ4n) is 0.796. The van der Waals surface area contributed by atoms with E-state index in [4.69, 9.17) is 32.7 Å².